The first-order valence-corrected chi connectivity index (χ1v) is 10.3. The zero-order chi connectivity index (χ0) is 21.3. The minimum absolute atomic E-state index is 0.00322. The summed E-state index contributed by atoms with van der Waals surface area (Å²) in [6, 6.07) is 14.9. The van der Waals surface area contributed by atoms with Gasteiger partial charge in [0.2, 0.25) is 0 Å². The number of allylic oxidation sites excluding steroid dienone is 3. The van der Waals surface area contributed by atoms with Crippen molar-refractivity contribution in [2.75, 3.05) is 7.11 Å². The molecule has 30 heavy (non-hydrogen) atoms. The van der Waals surface area contributed by atoms with Crippen LogP contribution in [0.5, 0.6) is 5.75 Å². The summed E-state index contributed by atoms with van der Waals surface area (Å²) in [7, 11) is 1.61. The lowest BCUT2D eigenvalue weighted by Crippen LogP contribution is -2.15. The lowest BCUT2D eigenvalue weighted by atomic mass is 9.79. The smallest absolute Gasteiger partial charge is 0.185 e. The SMILES string of the molecule is COc1cccc(/C=C/C(O)=C(\CC2CCC2)C(=O)/C=C/c2cccc(CO)c2)c1. The molecular formula is C26H28O4. The van der Waals surface area contributed by atoms with Crippen molar-refractivity contribution in [2.24, 2.45) is 5.92 Å². The number of benzene rings is 2. The highest BCUT2D eigenvalue weighted by molar-refractivity contribution is 6.07. The number of ether oxygens (including phenoxy) is 1. The summed E-state index contributed by atoms with van der Waals surface area (Å²) in [6.07, 6.45) is 10.5. The summed E-state index contributed by atoms with van der Waals surface area (Å²) in [5, 5.41) is 20.0. The zero-order valence-corrected chi connectivity index (χ0v) is 17.3. The fourth-order valence-electron chi connectivity index (χ4n) is 3.41. The number of hydrogen-bond acceptors (Lipinski definition) is 4. The third kappa shape index (κ3) is 5.94. The summed E-state index contributed by atoms with van der Waals surface area (Å²) < 4.78 is 5.23. The monoisotopic (exact) mass is 404 g/mol. The number of rotatable bonds is 9. The summed E-state index contributed by atoms with van der Waals surface area (Å²) in [5.41, 5.74) is 2.95. The molecule has 3 rings (SSSR count). The van der Waals surface area contributed by atoms with Crippen molar-refractivity contribution in [2.45, 2.75) is 32.3 Å². The lowest BCUT2D eigenvalue weighted by Gasteiger charge is -2.25. The highest BCUT2D eigenvalue weighted by atomic mass is 16.5. The Morgan fingerprint density at radius 2 is 1.77 bits per heavy atom. The van der Waals surface area contributed by atoms with Gasteiger partial charge in [-0.3, -0.25) is 4.79 Å². The van der Waals surface area contributed by atoms with Crippen LogP contribution in [0.2, 0.25) is 0 Å². The molecular weight excluding hydrogens is 376 g/mol. The summed E-state index contributed by atoms with van der Waals surface area (Å²) in [4.78, 5) is 12.9. The van der Waals surface area contributed by atoms with Gasteiger partial charge in [-0.1, -0.05) is 61.7 Å². The maximum absolute atomic E-state index is 12.9. The highest BCUT2D eigenvalue weighted by Crippen LogP contribution is 2.33. The third-order valence-corrected chi connectivity index (χ3v) is 5.41. The minimum Gasteiger partial charge on any atom is -0.508 e. The van der Waals surface area contributed by atoms with E-state index in [2.05, 4.69) is 0 Å². The van der Waals surface area contributed by atoms with Gasteiger partial charge in [0.05, 0.1) is 13.7 Å². The largest absolute Gasteiger partial charge is 0.508 e. The van der Waals surface area contributed by atoms with Crippen molar-refractivity contribution in [3.63, 3.8) is 0 Å². The van der Waals surface area contributed by atoms with E-state index in [0.29, 0.717) is 17.9 Å². The Hall–Kier alpha value is -3.11. The van der Waals surface area contributed by atoms with Gasteiger partial charge in [0.15, 0.2) is 5.78 Å². The molecule has 2 aromatic rings. The molecule has 1 saturated carbocycles. The molecule has 1 aliphatic carbocycles. The van der Waals surface area contributed by atoms with E-state index >= 15 is 0 Å². The average Bonchev–Trinajstić information content (AvgIpc) is 2.75. The van der Waals surface area contributed by atoms with E-state index in [-0.39, 0.29) is 18.1 Å². The molecule has 0 atom stereocenters. The molecule has 4 nitrogen and oxygen atoms in total. The zero-order valence-electron chi connectivity index (χ0n) is 17.3. The molecule has 4 heteroatoms. The number of carbonyl (C=O) groups excluding carboxylic acids is 1. The number of methoxy groups -OCH3 is 1. The van der Waals surface area contributed by atoms with E-state index in [1.165, 1.54) is 12.5 Å². The normalized spacial score (nSPS) is 15.3. The standard InChI is InChI=1S/C26H28O4/c1-30-23-10-4-8-21(16-23)12-14-26(29)24(17-19-5-2-6-19)25(28)13-11-20-7-3-9-22(15-20)18-27/h3-4,7-16,19,27,29H,2,5-6,17-18H2,1H3/b13-11+,14-12+,26-24-. The van der Waals surface area contributed by atoms with Gasteiger partial charge in [0.25, 0.3) is 0 Å². The molecule has 0 radical (unpaired) electrons. The third-order valence-electron chi connectivity index (χ3n) is 5.41. The van der Waals surface area contributed by atoms with Gasteiger partial charge in [-0.25, -0.2) is 0 Å². The molecule has 0 saturated heterocycles. The molecule has 2 N–H and O–H groups in total. The van der Waals surface area contributed by atoms with Crippen LogP contribution in [0.3, 0.4) is 0 Å². The molecule has 2 aromatic carbocycles. The van der Waals surface area contributed by atoms with Crippen molar-refractivity contribution in [3.05, 3.63) is 88.7 Å². The topological polar surface area (TPSA) is 66.8 Å². The second-order valence-electron chi connectivity index (χ2n) is 7.58. The first-order chi connectivity index (χ1) is 14.6. The van der Waals surface area contributed by atoms with Gasteiger partial charge in [-0.15, -0.1) is 0 Å². The number of aliphatic hydroxyl groups excluding tert-OH is 2. The summed E-state index contributed by atoms with van der Waals surface area (Å²) >= 11 is 0. The lowest BCUT2D eigenvalue weighted by molar-refractivity contribution is -0.111. The van der Waals surface area contributed by atoms with Crippen molar-refractivity contribution >= 4 is 17.9 Å². The van der Waals surface area contributed by atoms with Gasteiger partial charge in [-0.2, -0.15) is 0 Å². The van der Waals surface area contributed by atoms with E-state index in [1.54, 1.807) is 25.3 Å². The Bertz CT molecular complexity index is 965. The van der Waals surface area contributed by atoms with E-state index in [9.17, 15) is 15.0 Å². The van der Waals surface area contributed by atoms with Crippen LogP contribution in [0.1, 0.15) is 42.4 Å². The number of hydrogen-bond donors (Lipinski definition) is 2. The Morgan fingerprint density at radius 3 is 2.43 bits per heavy atom. The quantitative estimate of drug-likeness (QED) is 0.330. The molecule has 0 heterocycles. The average molecular weight is 405 g/mol. The molecule has 0 bridgehead atoms. The Morgan fingerprint density at radius 1 is 1.07 bits per heavy atom. The van der Waals surface area contributed by atoms with E-state index in [4.69, 9.17) is 4.74 Å². The van der Waals surface area contributed by atoms with Crippen LogP contribution in [0.15, 0.2) is 72.0 Å². The Balaban J connectivity index is 1.81. The second-order valence-corrected chi connectivity index (χ2v) is 7.58. The predicted molar refractivity (Wildman–Crippen MR) is 120 cm³/mol. The van der Waals surface area contributed by atoms with Crippen LogP contribution in [-0.4, -0.2) is 23.1 Å². The van der Waals surface area contributed by atoms with Crippen LogP contribution in [-0.2, 0) is 11.4 Å². The molecule has 0 aliphatic heterocycles. The molecule has 1 fully saturated rings. The van der Waals surface area contributed by atoms with Gasteiger partial charge in [0.1, 0.15) is 11.5 Å². The fraction of sp³-hybridized carbons (Fsp3) is 0.269. The Kier molecular flexibility index (Phi) is 7.63. The fourth-order valence-corrected chi connectivity index (χ4v) is 3.41. The van der Waals surface area contributed by atoms with Crippen LogP contribution in [0.4, 0.5) is 0 Å². The number of aliphatic hydroxyl groups is 2. The van der Waals surface area contributed by atoms with Crippen LogP contribution >= 0.6 is 0 Å². The maximum atomic E-state index is 12.9. The van der Waals surface area contributed by atoms with Crippen LogP contribution < -0.4 is 4.74 Å². The second kappa shape index (κ2) is 10.6. The van der Waals surface area contributed by atoms with Crippen molar-refractivity contribution in [1.82, 2.24) is 0 Å². The van der Waals surface area contributed by atoms with Gasteiger partial charge < -0.3 is 14.9 Å². The van der Waals surface area contributed by atoms with E-state index in [1.807, 2.05) is 48.5 Å². The van der Waals surface area contributed by atoms with Gasteiger partial charge in [0, 0.05) is 5.57 Å². The highest BCUT2D eigenvalue weighted by Gasteiger charge is 2.23. The molecule has 0 aromatic heterocycles. The predicted octanol–water partition coefficient (Wildman–Crippen LogP) is 5.49. The maximum Gasteiger partial charge on any atom is 0.185 e. The van der Waals surface area contributed by atoms with Gasteiger partial charge in [-0.05, 0) is 59.4 Å². The molecule has 1 aliphatic rings. The number of carbonyl (C=O) groups is 1. The summed E-state index contributed by atoms with van der Waals surface area (Å²) in [5.74, 6) is 0.995. The summed E-state index contributed by atoms with van der Waals surface area (Å²) in [6.45, 7) is -0.0433. The molecule has 156 valence electrons. The van der Waals surface area contributed by atoms with Crippen molar-refractivity contribution in [1.29, 1.82) is 0 Å². The van der Waals surface area contributed by atoms with Crippen LogP contribution in [0.25, 0.3) is 12.2 Å². The number of ketones is 1. The van der Waals surface area contributed by atoms with Crippen molar-refractivity contribution < 1.29 is 19.7 Å². The molecule has 0 unspecified atom stereocenters. The van der Waals surface area contributed by atoms with Gasteiger partial charge >= 0.3 is 0 Å². The first kappa shape index (κ1) is 21.6. The van der Waals surface area contributed by atoms with E-state index < -0.39 is 0 Å². The van der Waals surface area contributed by atoms with Crippen molar-refractivity contribution in [3.8, 4) is 5.75 Å². The minimum atomic E-state index is -0.191. The molecule has 0 spiro atoms. The first-order valence-electron chi connectivity index (χ1n) is 10.3. The molecule has 0 amide bonds. The van der Waals surface area contributed by atoms with Crippen LogP contribution in [0, 0.1) is 5.92 Å². The Labute approximate surface area is 177 Å². The van der Waals surface area contributed by atoms with E-state index in [0.717, 1.165) is 35.3 Å².